The summed E-state index contributed by atoms with van der Waals surface area (Å²) >= 11 is 0. The van der Waals surface area contributed by atoms with Crippen LogP contribution in [0.2, 0.25) is 0 Å². The Hall–Kier alpha value is -0.380. The molecule has 0 heterocycles. The molecule has 82 valence electrons. The van der Waals surface area contributed by atoms with E-state index in [2.05, 4.69) is 0 Å². The standard InChI is InChI=1S/C10H18O3S/c1-2-3-4-7-14(12,13)8-10(11)9-5-6-9/h9H,2-8H2,1H3. The lowest BCUT2D eigenvalue weighted by Crippen LogP contribution is -2.20. The molecule has 1 rings (SSSR count). The van der Waals surface area contributed by atoms with Gasteiger partial charge in [0.25, 0.3) is 0 Å². The molecule has 3 nitrogen and oxygen atoms in total. The van der Waals surface area contributed by atoms with Crippen molar-refractivity contribution in [1.82, 2.24) is 0 Å². The number of unbranched alkanes of at least 4 members (excludes halogenated alkanes) is 2. The molecule has 0 amide bonds. The Morgan fingerprint density at radius 1 is 1.29 bits per heavy atom. The summed E-state index contributed by atoms with van der Waals surface area (Å²) in [6.07, 6.45) is 4.41. The first-order valence-corrected chi connectivity index (χ1v) is 7.10. The predicted molar refractivity (Wildman–Crippen MR) is 55.9 cm³/mol. The number of sulfone groups is 1. The first kappa shape index (κ1) is 11.7. The largest absolute Gasteiger partial charge is 0.298 e. The Kier molecular flexibility index (Phi) is 4.11. The Morgan fingerprint density at radius 3 is 2.43 bits per heavy atom. The summed E-state index contributed by atoms with van der Waals surface area (Å²) in [6, 6.07) is 0. The quantitative estimate of drug-likeness (QED) is 0.609. The van der Waals surface area contributed by atoms with Crippen molar-refractivity contribution in [2.24, 2.45) is 5.92 Å². The van der Waals surface area contributed by atoms with Crippen molar-refractivity contribution in [3.8, 4) is 0 Å². The normalized spacial score (nSPS) is 16.9. The van der Waals surface area contributed by atoms with Gasteiger partial charge < -0.3 is 0 Å². The highest BCUT2D eigenvalue weighted by Gasteiger charge is 2.32. The molecular formula is C10H18O3S. The third kappa shape index (κ3) is 4.22. The second-order valence-electron chi connectivity index (χ2n) is 4.04. The summed E-state index contributed by atoms with van der Waals surface area (Å²) in [4.78, 5) is 11.3. The second-order valence-corrected chi connectivity index (χ2v) is 6.22. The Labute approximate surface area is 85.8 Å². The van der Waals surface area contributed by atoms with Gasteiger partial charge in [0.15, 0.2) is 15.6 Å². The average Bonchev–Trinajstić information content (AvgIpc) is 2.85. The van der Waals surface area contributed by atoms with E-state index in [0.29, 0.717) is 6.42 Å². The third-order valence-corrected chi connectivity index (χ3v) is 4.09. The molecule has 0 aliphatic heterocycles. The smallest absolute Gasteiger partial charge is 0.157 e. The van der Waals surface area contributed by atoms with Crippen LogP contribution in [0.1, 0.15) is 39.0 Å². The fourth-order valence-corrected chi connectivity index (χ4v) is 2.84. The Morgan fingerprint density at radius 2 is 1.93 bits per heavy atom. The van der Waals surface area contributed by atoms with Crippen LogP contribution in [0.5, 0.6) is 0 Å². The van der Waals surface area contributed by atoms with Gasteiger partial charge in [0, 0.05) is 5.92 Å². The molecule has 0 radical (unpaired) electrons. The lowest BCUT2D eigenvalue weighted by molar-refractivity contribution is -0.117. The SMILES string of the molecule is CCCCCS(=O)(=O)CC(=O)C1CC1. The van der Waals surface area contributed by atoms with Crippen LogP contribution >= 0.6 is 0 Å². The van der Waals surface area contributed by atoms with Crippen molar-refractivity contribution >= 4 is 15.6 Å². The zero-order chi connectivity index (χ0) is 10.6. The van der Waals surface area contributed by atoms with Crippen LogP contribution in [0, 0.1) is 5.92 Å². The van der Waals surface area contributed by atoms with E-state index in [4.69, 9.17) is 0 Å². The maximum atomic E-state index is 11.4. The molecular weight excluding hydrogens is 200 g/mol. The molecule has 0 aromatic heterocycles. The molecule has 0 N–H and O–H groups in total. The molecule has 0 bridgehead atoms. The van der Waals surface area contributed by atoms with Gasteiger partial charge in [-0.2, -0.15) is 0 Å². The Balaban J connectivity index is 2.29. The number of hydrogen-bond acceptors (Lipinski definition) is 3. The van der Waals surface area contributed by atoms with Gasteiger partial charge in [0.2, 0.25) is 0 Å². The summed E-state index contributed by atoms with van der Waals surface area (Å²) in [5.74, 6) is -0.0434. The first-order chi connectivity index (χ1) is 6.55. The van der Waals surface area contributed by atoms with Crippen molar-refractivity contribution in [3.63, 3.8) is 0 Å². The maximum absolute atomic E-state index is 11.4. The van der Waals surface area contributed by atoms with Crippen molar-refractivity contribution in [2.75, 3.05) is 11.5 Å². The van der Waals surface area contributed by atoms with Gasteiger partial charge in [0.1, 0.15) is 5.75 Å². The minimum Gasteiger partial charge on any atom is -0.298 e. The summed E-state index contributed by atoms with van der Waals surface area (Å²) in [6.45, 7) is 2.03. The molecule has 0 unspecified atom stereocenters. The molecule has 4 heteroatoms. The molecule has 1 aliphatic carbocycles. The van der Waals surface area contributed by atoms with Gasteiger partial charge in [-0.3, -0.25) is 4.79 Å². The zero-order valence-electron chi connectivity index (χ0n) is 8.66. The third-order valence-electron chi connectivity index (χ3n) is 2.45. The topological polar surface area (TPSA) is 51.2 Å². The van der Waals surface area contributed by atoms with Gasteiger partial charge in [-0.05, 0) is 19.3 Å². The molecule has 1 aliphatic rings. The Bertz CT molecular complexity index is 288. The number of carbonyl (C=O) groups is 1. The molecule has 14 heavy (non-hydrogen) atoms. The summed E-state index contributed by atoms with van der Waals surface area (Å²) in [7, 11) is -3.11. The average molecular weight is 218 g/mol. The maximum Gasteiger partial charge on any atom is 0.157 e. The van der Waals surface area contributed by atoms with Crippen LogP contribution in [0.3, 0.4) is 0 Å². The van der Waals surface area contributed by atoms with Crippen molar-refractivity contribution < 1.29 is 13.2 Å². The van der Waals surface area contributed by atoms with Crippen LogP contribution in [0.25, 0.3) is 0 Å². The van der Waals surface area contributed by atoms with Gasteiger partial charge in [-0.1, -0.05) is 19.8 Å². The predicted octanol–water partition coefficient (Wildman–Crippen LogP) is 1.57. The van der Waals surface area contributed by atoms with Crippen molar-refractivity contribution in [2.45, 2.75) is 39.0 Å². The van der Waals surface area contributed by atoms with Crippen LogP contribution in [-0.2, 0) is 14.6 Å². The molecule has 1 fully saturated rings. The van der Waals surface area contributed by atoms with Gasteiger partial charge >= 0.3 is 0 Å². The van der Waals surface area contributed by atoms with Crippen LogP contribution in [0.4, 0.5) is 0 Å². The van der Waals surface area contributed by atoms with Gasteiger partial charge in [-0.15, -0.1) is 0 Å². The van der Waals surface area contributed by atoms with E-state index in [1.54, 1.807) is 0 Å². The molecule has 0 atom stereocenters. The van der Waals surface area contributed by atoms with E-state index in [9.17, 15) is 13.2 Å². The highest BCUT2D eigenvalue weighted by atomic mass is 32.2. The monoisotopic (exact) mass is 218 g/mol. The minimum absolute atomic E-state index is 0.0657. The minimum atomic E-state index is -3.11. The van der Waals surface area contributed by atoms with E-state index in [0.717, 1.165) is 25.7 Å². The van der Waals surface area contributed by atoms with E-state index >= 15 is 0 Å². The van der Waals surface area contributed by atoms with E-state index in [1.165, 1.54) is 0 Å². The van der Waals surface area contributed by atoms with Crippen LogP contribution < -0.4 is 0 Å². The molecule has 0 aromatic rings. The molecule has 0 aromatic carbocycles. The first-order valence-electron chi connectivity index (χ1n) is 5.28. The number of rotatable bonds is 7. The number of Topliss-reactive ketones (excluding diaryl/α,β-unsaturated/α-hetero) is 1. The van der Waals surface area contributed by atoms with Crippen molar-refractivity contribution in [3.05, 3.63) is 0 Å². The van der Waals surface area contributed by atoms with E-state index < -0.39 is 9.84 Å². The van der Waals surface area contributed by atoms with E-state index in [-0.39, 0.29) is 23.2 Å². The lowest BCUT2D eigenvalue weighted by Gasteiger charge is -2.02. The number of ketones is 1. The van der Waals surface area contributed by atoms with Crippen LogP contribution in [-0.4, -0.2) is 25.7 Å². The fourth-order valence-electron chi connectivity index (χ4n) is 1.38. The lowest BCUT2D eigenvalue weighted by atomic mass is 10.3. The second kappa shape index (κ2) is 4.91. The molecule has 0 spiro atoms. The number of carbonyl (C=O) groups excluding carboxylic acids is 1. The highest BCUT2D eigenvalue weighted by molar-refractivity contribution is 7.92. The summed E-state index contributed by atoms with van der Waals surface area (Å²) in [5.41, 5.74) is 0. The summed E-state index contributed by atoms with van der Waals surface area (Å²) < 4.78 is 22.9. The van der Waals surface area contributed by atoms with Gasteiger partial charge in [0.05, 0.1) is 5.75 Å². The summed E-state index contributed by atoms with van der Waals surface area (Å²) in [5, 5.41) is 0. The fraction of sp³-hybridized carbons (Fsp3) is 0.900. The number of hydrogen-bond donors (Lipinski definition) is 0. The van der Waals surface area contributed by atoms with Crippen molar-refractivity contribution in [1.29, 1.82) is 0 Å². The zero-order valence-corrected chi connectivity index (χ0v) is 9.48. The van der Waals surface area contributed by atoms with Crippen LogP contribution in [0.15, 0.2) is 0 Å². The molecule has 1 saturated carbocycles. The highest BCUT2D eigenvalue weighted by Crippen LogP contribution is 2.30. The van der Waals surface area contributed by atoms with E-state index in [1.807, 2.05) is 6.92 Å². The van der Waals surface area contributed by atoms with Gasteiger partial charge in [-0.25, -0.2) is 8.42 Å². The molecule has 0 saturated heterocycles.